The van der Waals surface area contributed by atoms with Crippen LogP contribution in [0.3, 0.4) is 0 Å². The number of hydrogen-bond acceptors (Lipinski definition) is 4. The summed E-state index contributed by atoms with van der Waals surface area (Å²) in [5.74, 6) is 0.285. The molecule has 0 aliphatic heterocycles. The second kappa shape index (κ2) is 7.39. The maximum absolute atomic E-state index is 12.2. The van der Waals surface area contributed by atoms with Crippen LogP contribution in [-0.2, 0) is 16.4 Å². The van der Waals surface area contributed by atoms with Gasteiger partial charge in [-0.05, 0) is 30.0 Å². The number of aliphatic hydroxyl groups excluding tert-OH is 1. The van der Waals surface area contributed by atoms with Crippen molar-refractivity contribution in [1.29, 1.82) is 5.26 Å². The van der Waals surface area contributed by atoms with Crippen LogP contribution < -0.4 is 4.72 Å². The number of hydrogen-bond donors (Lipinski definition) is 2. The molecular weight excluding hydrogens is 276 g/mol. The van der Waals surface area contributed by atoms with Crippen LogP contribution in [-0.4, -0.2) is 26.2 Å². The molecule has 0 aliphatic carbocycles. The fraction of sp³-hybridized carbons (Fsp3) is 0.500. The first-order chi connectivity index (χ1) is 9.39. The summed E-state index contributed by atoms with van der Waals surface area (Å²) in [6.07, 6.45) is 0.822. The molecule has 1 atom stereocenters. The zero-order valence-corrected chi connectivity index (χ0v) is 12.5. The first-order valence-corrected chi connectivity index (χ1v) is 7.96. The highest BCUT2D eigenvalue weighted by Gasteiger charge is 2.20. The summed E-state index contributed by atoms with van der Waals surface area (Å²) in [6, 6.07) is 7.70. The van der Waals surface area contributed by atoms with E-state index in [4.69, 9.17) is 5.26 Å². The van der Waals surface area contributed by atoms with Crippen LogP contribution in [0.5, 0.6) is 0 Å². The molecule has 0 spiro atoms. The SMILES string of the molecule is CC(C)CC(CO)NS(=O)(=O)c1ccc(CC#N)cc1. The van der Waals surface area contributed by atoms with Crippen molar-refractivity contribution in [1.82, 2.24) is 4.72 Å². The minimum atomic E-state index is -3.64. The third-order valence-corrected chi connectivity index (χ3v) is 4.35. The first-order valence-electron chi connectivity index (χ1n) is 6.48. The van der Waals surface area contributed by atoms with Crippen LogP contribution in [0.15, 0.2) is 29.2 Å². The Morgan fingerprint density at radius 2 is 1.90 bits per heavy atom. The van der Waals surface area contributed by atoms with Gasteiger partial charge in [0.15, 0.2) is 0 Å². The quantitative estimate of drug-likeness (QED) is 0.796. The Balaban J connectivity index is 2.85. The minimum absolute atomic E-state index is 0.140. The van der Waals surface area contributed by atoms with Gasteiger partial charge in [0.25, 0.3) is 0 Å². The fourth-order valence-corrected chi connectivity index (χ4v) is 3.13. The van der Waals surface area contributed by atoms with Gasteiger partial charge in [-0.1, -0.05) is 26.0 Å². The van der Waals surface area contributed by atoms with Crippen molar-refractivity contribution in [2.75, 3.05) is 6.61 Å². The lowest BCUT2D eigenvalue weighted by Crippen LogP contribution is -2.38. The zero-order chi connectivity index (χ0) is 15.2. The molecule has 0 radical (unpaired) electrons. The molecule has 1 rings (SSSR count). The van der Waals surface area contributed by atoms with E-state index in [2.05, 4.69) is 4.72 Å². The third-order valence-electron chi connectivity index (χ3n) is 2.81. The van der Waals surface area contributed by atoms with Crippen molar-refractivity contribution in [3.63, 3.8) is 0 Å². The summed E-state index contributed by atoms with van der Waals surface area (Å²) in [6.45, 7) is 3.70. The van der Waals surface area contributed by atoms with E-state index >= 15 is 0 Å². The van der Waals surface area contributed by atoms with Gasteiger partial charge in [0.2, 0.25) is 10.0 Å². The Morgan fingerprint density at radius 1 is 1.30 bits per heavy atom. The van der Waals surface area contributed by atoms with Gasteiger partial charge in [-0.3, -0.25) is 0 Å². The van der Waals surface area contributed by atoms with Crippen LogP contribution >= 0.6 is 0 Å². The standard InChI is InChI=1S/C14H20N2O3S/c1-11(2)9-13(10-17)16-20(18,19)14-5-3-12(4-6-14)7-8-15/h3-6,11,13,16-17H,7,9-10H2,1-2H3. The number of sulfonamides is 1. The van der Waals surface area contributed by atoms with Crippen molar-refractivity contribution in [3.8, 4) is 6.07 Å². The van der Waals surface area contributed by atoms with E-state index < -0.39 is 16.1 Å². The van der Waals surface area contributed by atoms with Crippen molar-refractivity contribution in [3.05, 3.63) is 29.8 Å². The largest absolute Gasteiger partial charge is 0.395 e. The summed E-state index contributed by atoms with van der Waals surface area (Å²) in [7, 11) is -3.64. The highest BCUT2D eigenvalue weighted by atomic mass is 32.2. The molecule has 0 aromatic heterocycles. The lowest BCUT2D eigenvalue weighted by atomic mass is 10.1. The molecule has 0 saturated heterocycles. The monoisotopic (exact) mass is 296 g/mol. The molecule has 0 heterocycles. The van der Waals surface area contributed by atoms with Gasteiger partial charge in [0.1, 0.15) is 0 Å². The molecular formula is C14H20N2O3S. The van der Waals surface area contributed by atoms with Crippen LogP contribution in [0.2, 0.25) is 0 Å². The Labute approximate surface area is 120 Å². The van der Waals surface area contributed by atoms with Crippen LogP contribution in [0.4, 0.5) is 0 Å². The predicted octanol–water partition coefficient (Wildman–Crippen LogP) is 1.44. The van der Waals surface area contributed by atoms with Crippen molar-refractivity contribution < 1.29 is 13.5 Å². The van der Waals surface area contributed by atoms with Gasteiger partial charge in [-0.15, -0.1) is 0 Å². The van der Waals surface area contributed by atoms with E-state index in [0.717, 1.165) is 5.56 Å². The normalized spacial score (nSPS) is 13.2. The molecule has 1 aromatic carbocycles. The highest BCUT2D eigenvalue weighted by molar-refractivity contribution is 7.89. The fourth-order valence-electron chi connectivity index (χ4n) is 1.89. The van der Waals surface area contributed by atoms with Crippen molar-refractivity contribution in [2.45, 2.75) is 37.6 Å². The number of nitrogens with one attached hydrogen (secondary N) is 1. The Hall–Kier alpha value is -1.42. The number of rotatable bonds is 7. The molecule has 0 saturated carbocycles. The highest BCUT2D eigenvalue weighted by Crippen LogP contribution is 2.13. The molecule has 6 heteroatoms. The summed E-state index contributed by atoms with van der Waals surface area (Å²) in [5.41, 5.74) is 0.771. The van der Waals surface area contributed by atoms with Gasteiger partial charge < -0.3 is 5.11 Å². The van der Waals surface area contributed by atoms with E-state index in [-0.39, 0.29) is 23.8 Å². The Kier molecular flexibility index (Phi) is 6.14. The molecule has 1 aromatic rings. The second-order valence-electron chi connectivity index (χ2n) is 5.11. The van der Waals surface area contributed by atoms with Gasteiger partial charge in [0, 0.05) is 6.04 Å². The molecule has 0 bridgehead atoms. The van der Waals surface area contributed by atoms with E-state index in [0.29, 0.717) is 6.42 Å². The van der Waals surface area contributed by atoms with E-state index in [9.17, 15) is 13.5 Å². The molecule has 110 valence electrons. The molecule has 0 fully saturated rings. The van der Waals surface area contributed by atoms with Crippen molar-refractivity contribution >= 4 is 10.0 Å². The van der Waals surface area contributed by atoms with Gasteiger partial charge in [-0.2, -0.15) is 5.26 Å². The van der Waals surface area contributed by atoms with Crippen LogP contribution in [0, 0.1) is 17.2 Å². The second-order valence-corrected chi connectivity index (χ2v) is 6.82. The van der Waals surface area contributed by atoms with Crippen LogP contribution in [0.1, 0.15) is 25.8 Å². The minimum Gasteiger partial charge on any atom is -0.395 e. The molecule has 5 nitrogen and oxygen atoms in total. The summed E-state index contributed by atoms with van der Waals surface area (Å²) in [4.78, 5) is 0.140. The molecule has 2 N–H and O–H groups in total. The molecule has 0 aliphatic rings. The average molecular weight is 296 g/mol. The topological polar surface area (TPSA) is 90.2 Å². The first kappa shape index (κ1) is 16.6. The van der Waals surface area contributed by atoms with E-state index in [1.807, 2.05) is 19.9 Å². The number of benzene rings is 1. The van der Waals surface area contributed by atoms with Crippen LogP contribution in [0.25, 0.3) is 0 Å². The molecule has 0 amide bonds. The van der Waals surface area contributed by atoms with Gasteiger partial charge in [-0.25, -0.2) is 13.1 Å². The zero-order valence-electron chi connectivity index (χ0n) is 11.7. The number of nitrogens with zero attached hydrogens (tertiary/aromatic N) is 1. The number of nitriles is 1. The molecule has 1 unspecified atom stereocenters. The Bertz CT molecular complexity index is 559. The van der Waals surface area contributed by atoms with Gasteiger partial charge in [0.05, 0.1) is 24.0 Å². The number of aliphatic hydroxyl groups is 1. The Morgan fingerprint density at radius 3 is 2.35 bits per heavy atom. The van der Waals surface area contributed by atoms with E-state index in [1.165, 1.54) is 12.1 Å². The maximum atomic E-state index is 12.2. The lowest BCUT2D eigenvalue weighted by Gasteiger charge is -2.18. The predicted molar refractivity (Wildman–Crippen MR) is 76.4 cm³/mol. The maximum Gasteiger partial charge on any atom is 0.240 e. The van der Waals surface area contributed by atoms with E-state index in [1.54, 1.807) is 12.1 Å². The average Bonchev–Trinajstić information content (AvgIpc) is 2.38. The molecule has 20 heavy (non-hydrogen) atoms. The summed E-state index contributed by atoms with van der Waals surface area (Å²) in [5, 5.41) is 17.8. The lowest BCUT2D eigenvalue weighted by molar-refractivity contribution is 0.240. The van der Waals surface area contributed by atoms with Gasteiger partial charge >= 0.3 is 0 Å². The third kappa shape index (κ3) is 4.93. The van der Waals surface area contributed by atoms with Crippen molar-refractivity contribution in [2.24, 2.45) is 5.92 Å². The summed E-state index contributed by atoms with van der Waals surface area (Å²) < 4.78 is 26.8. The summed E-state index contributed by atoms with van der Waals surface area (Å²) >= 11 is 0. The smallest absolute Gasteiger partial charge is 0.240 e.